The molecule has 2 heterocycles. The van der Waals surface area contributed by atoms with E-state index in [9.17, 15) is 27.6 Å². The molecule has 15 nitrogen and oxygen atoms in total. The number of rotatable bonds is 8. The van der Waals surface area contributed by atoms with Crippen molar-refractivity contribution in [2.24, 2.45) is 0 Å². The number of carbonyl (C=O) groups excluding carboxylic acids is 4. The van der Waals surface area contributed by atoms with Crippen molar-refractivity contribution in [3.8, 4) is 0 Å². The number of anilines is 2. The van der Waals surface area contributed by atoms with E-state index in [0.717, 1.165) is 27.9 Å². The molecule has 1 aromatic heterocycles. The molecule has 1 saturated heterocycles. The number of ether oxygens (including phenoxy) is 5. The minimum Gasteiger partial charge on any atom is -0.467 e. The van der Waals surface area contributed by atoms with E-state index in [2.05, 4.69) is 5.16 Å². The number of hydrogen-bond donors (Lipinski definition) is 1. The van der Waals surface area contributed by atoms with Crippen molar-refractivity contribution < 1.29 is 55.8 Å². The molecular formula is C23H27N3O12S. The molecule has 0 radical (unpaired) electrons. The third-order valence-electron chi connectivity index (χ3n) is 5.36. The molecule has 1 fully saturated rings. The molecule has 2 aromatic rings. The Labute approximate surface area is 223 Å². The number of nitrogens with two attached hydrogens (primary N) is 1. The molecule has 1 aliphatic rings. The first-order valence-electron chi connectivity index (χ1n) is 11.3. The molecule has 5 atom stereocenters. The number of sulfonamides is 1. The van der Waals surface area contributed by atoms with E-state index < -0.39 is 64.5 Å². The Morgan fingerprint density at radius 3 is 1.95 bits per heavy atom. The number of methoxy groups -OCH3 is 1. The van der Waals surface area contributed by atoms with Gasteiger partial charge < -0.3 is 33.9 Å². The van der Waals surface area contributed by atoms with Crippen LogP contribution in [-0.4, -0.2) is 75.2 Å². The maximum atomic E-state index is 14.0. The molecule has 0 bridgehead atoms. The van der Waals surface area contributed by atoms with Crippen molar-refractivity contribution in [2.45, 2.75) is 63.2 Å². The van der Waals surface area contributed by atoms with Gasteiger partial charge in [0.1, 0.15) is 5.76 Å². The fourth-order valence-corrected chi connectivity index (χ4v) is 5.37. The van der Waals surface area contributed by atoms with Gasteiger partial charge >= 0.3 is 23.9 Å². The molecule has 0 unspecified atom stereocenters. The van der Waals surface area contributed by atoms with Gasteiger partial charge in [-0.1, -0.05) is 5.16 Å². The summed E-state index contributed by atoms with van der Waals surface area (Å²) in [5, 5.41) is 3.77. The van der Waals surface area contributed by atoms with Crippen LogP contribution in [0.2, 0.25) is 0 Å². The molecule has 3 rings (SSSR count). The van der Waals surface area contributed by atoms with Crippen LogP contribution in [-0.2, 0) is 52.9 Å². The number of aromatic nitrogens is 1. The maximum absolute atomic E-state index is 14.0. The number of aryl methyl sites for hydroxylation is 1. The first-order valence-corrected chi connectivity index (χ1v) is 12.8. The van der Waals surface area contributed by atoms with Crippen molar-refractivity contribution in [1.29, 1.82) is 0 Å². The zero-order chi connectivity index (χ0) is 29.1. The van der Waals surface area contributed by atoms with E-state index in [1.165, 1.54) is 37.3 Å². The fraction of sp³-hybridized carbons (Fsp3) is 0.435. The molecule has 16 heteroatoms. The van der Waals surface area contributed by atoms with E-state index in [1.807, 2.05) is 0 Å². The minimum absolute atomic E-state index is 0.196. The molecule has 0 amide bonds. The summed E-state index contributed by atoms with van der Waals surface area (Å²) in [5.74, 6) is -4.02. The van der Waals surface area contributed by atoms with Crippen LogP contribution in [0.15, 0.2) is 39.8 Å². The Kier molecular flexibility index (Phi) is 8.81. The molecule has 2 N–H and O–H groups in total. The first-order chi connectivity index (χ1) is 18.3. The van der Waals surface area contributed by atoms with Crippen LogP contribution in [0.5, 0.6) is 0 Å². The zero-order valence-corrected chi connectivity index (χ0v) is 22.4. The lowest BCUT2D eigenvalue weighted by Crippen LogP contribution is -2.67. The summed E-state index contributed by atoms with van der Waals surface area (Å²) in [6.07, 6.45) is -8.95. The van der Waals surface area contributed by atoms with Gasteiger partial charge in [-0.15, -0.1) is 0 Å². The predicted octanol–water partition coefficient (Wildman–Crippen LogP) is 0.454. The highest BCUT2D eigenvalue weighted by Crippen LogP contribution is 2.36. The van der Waals surface area contributed by atoms with Crippen LogP contribution in [0.3, 0.4) is 0 Å². The lowest BCUT2D eigenvalue weighted by atomic mass is 9.96. The number of hydrogen-bond acceptors (Lipinski definition) is 14. The van der Waals surface area contributed by atoms with Crippen molar-refractivity contribution in [3.63, 3.8) is 0 Å². The lowest BCUT2D eigenvalue weighted by molar-refractivity contribution is -0.246. The third kappa shape index (κ3) is 6.46. The second-order valence-corrected chi connectivity index (χ2v) is 10.2. The number of esters is 4. The fourth-order valence-electron chi connectivity index (χ4n) is 3.89. The summed E-state index contributed by atoms with van der Waals surface area (Å²) in [5.41, 5.74) is 5.98. The smallest absolute Gasteiger partial charge is 0.339 e. The summed E-state index contributed by atoms with van der Waals surface area (Å²) in [4.78, 5) is 48.7. The van der Waals surface area contributed by atoms with Crippen molar-refractivity contribution >= 4 is 45.4 Å². The Balaban J connectivity index is 2.29. The summed E-state index contributed by atoms with van der Waals surface area (Å²) in [7, 11) is -3.63. The predicted molar refractivity (Wildman–Crippen MR) is 129 cm³/mol. The van der Waals surface area contributed by atoms with E-state index >= 15 is 0 Å². The van der Waals surface area contributed by atoms with Gasteiger partial charge in [-0.25, -0.2) is 17.5 Å². The van der Waals surface area contributed by atoms with Gasteiger partial charge in [0.05, 0.1) is 12.0 Å². The van der Waals surface area contributed by atoms with Gasteiger partial charge in [0.2, 0.25) is 0 Å². The topological polar surface area (TPSA) is 204 Å². The van der Waals surface area contributed by atoms with Crippen LogP contribution in [0.4, 0.5) is 11.5 Å². The van der Waals surface area contributed by atoms with Crippen molar-refractivity contribution in [2.75, 3.05) is 17.1 Å². The van der Waals surface area contributed by atoms with Gasteiger partial charge in [0, 0.05) is 32.5 Å². The third-order valence-corrected chi connectivity index (χ3v) is 7.14. The normalized spacial score (nSPS) is 22.8. The maximum Gasteiger partial charge on any atom is 0.339 e. The second-order valence-electron chi connectivity index (χ2n) is 8.36. The van der Waals surface area contributed by atoms with Gasteiger partial charge in [-0.2, -0.15) is 0 Å². The van der Waals surface area contributed by atoms with Crippen LogP contribution in [0, 0.1) is 6.92 Å². The molecule has 1 aromatic carbocycles. The van der Waals surface area contributed by atoms with Crippen LogP contribution < -0.4 is 10.0 Å². The molecule has 212 valence electrons. The highest BCUT2D eigenvalue weighted by atomic mass is 32.2. The first kappa shape index (κ1) is 29.4. The van der Waals surface area contributed by atoms with Crippen molar-refractivity contribution in [3.05, 3.63) is 36.1 Å². The van der Waals surface area contributed by atoms with E-state index in [0.29, 0.717) is 4.31 Å². The highest BCUT2D eigenvalue weighted by Gasteiger charge is 2.58. The minimum atomic E-state index is -4.64. The molecule has 0 spiro atoms. The Morgan fingerprint density at radius 2 is 1.46 bits per heavy atom. The number of benzene rings is 1. The van der Waals surface area contributed by atoms with E-state index in [-0.39, 0.29) is 22.2 Å². The monoisotopic (exact) mass is 569 g/mol. The molecule has 0 aliphatic carbocycles. The summed E-state index contributed by atoms with van der Waals surface area (Å²) < 4.78 is 60.2. The largest absolute Gasteiger partial charge is 0.467 e. The number of nitrogens with zero attached hydrogens (tertiary/aromatic N) is 2. The highest BCUT2D eigenvalue weighted by molar-refractivity contribution is 7.92. The second kappa shape index (κ2) is 11.7. The molecule has 0 saturated carbocycles. The van der Waals surface area contributed by atoms with E-state index in [4.69, 9.17) is 33.9 Å². The van der Waals surface area contributed by atoms with Crippen LogP contribution in [0.1, 0.15) is 26.5 Å². The Hall–Kier alpha value is -4.18. The summed E-state index contributed by atoms with van der Waals surface area (Å²) >= 11 is 0. The molecule has 39 heavy (non-hydrogen) atoms. The van der Waals surface area contributed by atoms with Gasteiger partial charge in [-0.05, 0) is 31.2 Å². The average Bonchev–Trinajstić information content (AvgIpc) is 3.26. The van der Waals surface area contributed by atoms with Crippen molar-refractivity contribution in [1.82, 2.24) is 5.16 Å². The molecular weight excluding hydrogens is 542 g/mol. The Bertz CT molecular complexity index is 1340. The average molecular weight is 570 g/mol. The summed E-state index contributed by atoms with van der Waals surface area (Å²) in [6.45, 7) is 4.53. The standard InChI is InChI=1S/C23H27N3O12S/c1-11-10-17(25-38-11)26(39(31,32)16-8-6-15(24)7-9-16)22-20(36-14(4)29)18(34-12(2)27)19(35-13(3)28)21(37-22)23(30)33-5/h6-10,18-22H,24H2,1-5H3/t18-,19-,20+,21-,22+/m0/s1. The van der Waals surface area contributed by atoms with Gasteiger partial charge in [-0.3, -0.25) is 14.4 Å². The number of nitrogen functional groups attached to an aromatic ring is 1. The Morgan fingerprint density at radius 1 is 0.923 bits per heavy atom. The number of carbonyl (C=O) groups is 4. The zero-order valence-electron chi connectivity index (χ0n) is 21.6. The van der Waals surface area contributed by atoms with Crippen LogP contribution in [0.25, 0.3) is 0 Å². The van der Waals surface area contributed by atoms with E-state index in [1.54, 1.807) is 0 Å². The quantitative estimate of drug-likeness (QED) is 0.260. The van der Waals surface area contributed by atoms with Gasteiger partial charge in [0.25, 0.3) is 10.0 Å². The lowest BCUT2D eigenvalue weighted by Gasteiger charge is -2.46. The SMILES string of the molecule is COC(=O)[C@H]1O[C@@H](N(c2cc(C)on2)S(=O)(=O)c2ccc(N)cc2)[C@H](OC(C)=O)[C@@H](OC(C)=O)[C@@H]1OC(C)=O. The summed E-state index contributed by atoms with van der Waals surface area (Å²) in [6, 6.07) is 6.32. The van der Waals surface area contributed by atoms with Crippen LogP contribution >= 0.6 is 0 Å². The van der Waals surface area contributed by atoms with Gasteiger partial charge in [0.15, 0.2) is 36.5 Å². The molecule has 1 aliphatic heterocycles.